The molecule has 1 fully saturated rings. The van der Waals surface area contributed by atoms with Crippen molar-refractivity contribution in [3.63, 3.8) is 0 Å². The average Bonchev–Trinajstić information content (AvgIpc) is 3.13. The van der Waals surface area contributed by atoms with Crippen LogP contribution < -0.4 is 10.1 Å². The van der Waals surface area contributed by atoms with E-state index in [9.17, 15) is 9.59 Å². The summed E-state index contributed by atoms with van der Waals surface area (Å²) < 4.78 is 5.28. The molecule has 0 aliphatic heterocycles. The third-order valence-electron chi connectivity index (χ3n) is 3.02. The van der Waals surface area contributed by atoms with Crippen molar-refractivity contribution in [2.24, 2.45) is 5.41 Å². The number of anilines is 1. The molecule has 5 nitrogen and oxygen atoms in total. The molecule has 1 aliphatic carbocycles. The first-order valence-corrected chi connectivity index (χ1v) is 5.86. The van der Waals surface area contributed by atoms with Crippen molar-refractivity contribution in [1.82, 2.24) is 0 Å². The Labute approximate surface area is 105 Å². The van der Waals surface area contributed by atoms with E-state index in [2.05, 4.69) is 5.32 Å². The molecule has 0 heterocycles. The smallest absolute Gasteiger partial charge is 0.319 e. The molecule has 0 atom stereocenters. The highest BCUT2D eigenvalue weighted by molar-refractivity contribution is 6.10. The Morgan fingerprint density at radius 2 is 1.94 bits per heavy atom. The maximum Gasteiger partial charge on any atom is 0.319 e. The van der Waals surface area contributed by atoms with Crippen LogP contribution in [0.5, 0.6) is 5.75 Å². The molecule has 5 heteroatoms. The molecule has 2 rings (SSSR count). The lowest BCUT2D eigenvalue weighted by Gasteiger charge is -2.11. The minimum absolute atomic E-state index is 0.408. The zero-order valence-electron chi connectivity index (χ0n) is 10.1. The van der Waals surface area contributed by atoms with Crippen molar-refractivity contribution in [2.45, 2.75) is 19.8 Å². The molecule has 1 aromatic carbocycles. The number of hydrogen-bond acceptors (Lipinski definition) is 3. The van der Waals surface area contributed by atoms with Crippen LogP contribution in [0, 0.1) is 5.41 Å². The van der Waals surface area contributed by atoms with Gasteiger partial charge in [-0.25, -0.2) is 0 Å². The van der Waals surface area contributed by atoms with E-state index >= 15 is 0 Å². The number of rotatable bonds is 5. The molecule has 0 aromatic heterocycles. The number of nitrogens with one attached hydrogen (secondary N) is 1. The lowest BCUT2D eigenvalue weighted by Crippen LogP contribution is -2.31. The van der Waals surface area contributed by atoms with Crippen LogP contribution in [-0.4, -0.2) is 23.6 Å². The summed E-state index contributed by atoms with van der Waals surface area (Å²) in [6.07, 6.45) is 0.816. The van der Waals surface area contributed by atoms with Crippen LogP contribution in [0.4, 0.5) is 5.69 Å². The number of aliphatic carboxylic acids is 1. The third-order valence-corrected chi connectivity index (χ3v) is 3.02. The fourth-order valence-electron chi connectivity index (χ4n) is 1.71. The standard InChI is InChI=1S/C13H15NO4/c1-2-18-10-5-3-9(4-6-10)14-11(15)13(7-8-13)12(16)17/h3-6H,2,7-8H2,1H3,(H,14,15)(H,16,17). The van der Waals surface area contributed by atoms with E-state index in [-0.39, 0.29) is 0 Å². The van der Waals surface area contributed by atoms with Gasteiger partial charge in [-0.05, 0) is 44.0 Å². The molecule has 1 aliphatic rings. The maximum absolute atomic E-state index is 11.8. The van der Waals surface area contributed by atoms with Gasteiger partial charge < -0.3 is 15.2 Å². The van der Waals surface area contributed by atoms with Crippen LogP contribution in [0.3, 0.4) is 0 Å². The Hall–Kier alpha value is -2.04. The Balaban J connectivity index is 2.01. The van der Waals surface area contributed by atoms with Crippen molar-refractivity contribution in [1.29, 1.82) is 0 Å². The summed E-state index contributed by atoms with van der Waals surface area (Å²) in [5.74, 6) is -0.778. The molecule has 2 N–H and O–H groups in total. The van der Waals surface area contributed by atoms with Crippen LogP contribution in [0.2, 0.25) is 0 Å². The average molecular weight is 249 g/mol. The van der Waals surface area contributed by atoms with E-state index in [4.69, 9.17) is 9.84 Å². The molecule has 0 radical (unpaired) electrons. The van der Waals surface area contributed by atoms with Gasteiger partial charge in [0.25, 0.3) is 0 Å². The van der Waals surface area contributed by atoms with Gasteiger partial charge in [-0.15, -0.1) is 0 Å². The first-order valence-electron chi connectivity index (χ1n) is 5.86. The number of carbonyl (C=O) groups excluding carboxylic acids is 1. The van der Waals surface area contributed by atoms with Crippen molar-refractivity contribution in [3.05, 3.63) is 24.3 Å². The van der Waals surface area contributed by atoms with Crippen molar-refractivity contribution in [2.75, 3.05) is 11.9 Å². The van der Waals surface area contributed by atoms with Crippen molar-refractivity contribution < 1.29 is 19.4 Å². The number of carboxylic acids is 1. The SMILES string of the molecule is CCOc1ccc(NC(=O)C2(C(=O)O)CC2)cc1. The fourth-order valence-corrected chi connectivity index (χ4v) is 1.71. The first kappa shape index (κ1) is 12.4. The molecule has 0 spiro atoms. The number of amides is 1. The van der Waals surface area contributed by atoms with E-state index in [1.54, 1.807) is 24.3 Å². The van der Waals surface area contributed by atoms with Gasteiger partial charge in [0.2, 0.25) is 5.91 Å². The maximum atomic E-state index is 11.8. The Morgan fingerprint density at radius 3 is 2.39 bits per heavy atom. The Morgan fingerprint density at radius 1 is 1.33 bits per heavy atom. The van der Waals surface area contributed by atoms with Gasteiger partial charge in [0.15, 0.2) is 0 Å². The zero-order chi connectivity index (χ0) is 13.2. The molecule has 96 valence electrons. The second-order valence-corrected chi connectivity index (χ2v) is 4.30. The van der Waals surface area contributed by atoms with Crippen molar-refractivity contribution >= 4 is 17.6 Å². The molecular formula is C13H15NO4. The number of carboxylic acid groups (broad SMARTS) is 1. The van der Waals surface area contributed by atoms with Crippen LogP contribution in [0.1, 0.15) is 19.8 Å². The number of hydrogen-bond donors (Lipinski definition) is 2. The molecule has 1 amide bonds. The summed E-state index contributed by atoms with van der Waals surface area (Å²) in [6.45, 7) is 2.47. The normalized spacial score (nSPS) is 15.8. The number of carbonyl (C=O) groups is 2. The lowest BCUT2D eigenvalue weighted by atomic mass is 10.1. The van der Waals surface area contributed by atoms with Gasteiger partial charge >= 0.3 is 5.97 Å². The minimum atomic E-state index is -1.21. The summed E-state index contributed by atoms with van der Waals surface area (Å²) in [7, 11) is 0. The number of ether oxygens (including phenoxy) is 1. The molecule has 0 saturated heterocycles. The fraction of sp³-hybridized carbons (Fsp3) is 0.385. The first-order chi connectivity index (χ1) is 8.58. The van der Waals surface area contributed by atoms with Gasteiger partial charge in [-0.3, -0.25) is 9.59 Å². The topological polar surface area (TPSA) is 75.6 Å². The number of benzene rings is 1. The van der Waals surface area contributed by atoms with E-state index in [1.165, 1.54) is 0 Å². The monoisotopic (exact) mass is 249 g/mol. The Kier molecular flexibility index (Phi) is 3.23. The van der Waals surface area contributed by atoms with Crippen LogP contribution in [0.25, 0.3) is 0 Å². The van der Waals surface area contributed by atoms with Gasteiger partial charge in [0.1, 0.15) is 11.2 Å². The van der Waals surface area contributed by atoms with Crippen LogP contribution >= 0.6 is 0 Å². The van der Waals surface area contributed by atoms with Crippen molar-refractivity contribution in [3.8, 4) is 5.75 Å². The van der Waals surface area contributed by atoms with E-state index in [0.717, 1.165) is 5.75 Å². The highest BCUT2D eigenvalue weighted by atomic mass is 16.5. The summed E-state index contributed by atoms with van der Waals surface area (Å²) in [4.78, 5) is 22.8. The summed E-state index contributed by atoms with van der Waals surface area (Å²) in [6, 6.07) is 6.86. The molecule has 1 saturated carbocycles. The lowest BCUT2D eigenvalue weighted by molar-refractivity contribution is -0.147. The van der Waals surface area contributed by atoms with Gasteiger partial charge in [0, 0.05) is 5.69 Å². The van der Waals surface area contributed by atoms with Crippen LogP contribution in [0.15, 0.2) is 24.3 Å². The van der Waals surface area contributed by atoms with Gasteiger partial charge in [-0.1, -0.05) is 0 Å². The quantitative estimate of drug-likeness (QED) is 0.781. The van der Waals surface area contributed by atoms with E-state index in [0.29, 0.717) is 25.1 Å². The Bertz CT molecular complexity index is 462. The highest BCUT2D eigenvalue weighted by Crippen LogP contribution is 2.46. The second-order valence-electron chi connectivity index (χ2n) is 4.30. The molecule has 0 bridgehead atoms. The third kappa shape index (κ3) is 2.30. The van der Waals surface area contributed by atoms with Gasteiger partial charge in [0.05, 0.1) is 6.61 Å². The summed E-state index contributed by atoms with van der Waals surface area (Å²) in [5.41, 5.74) is -0.630. The van der Waals surface area contributed by atoms with Gasteiger partial charge in [-0.2, -0.15) is 0 Å². The minimum Gasteiger partial charge on any atom is -0.494 e. The summed E-state index contributed by atoms with van der Waals surface area (Å²) >= 11 is 0. The molecular weight excluding hydrogens is 234 g/mol. The zero-order valence-corrected chi connectivity index (χ0v) is 10.1. The predicted molar refractivity (Wildman–Crippen MR) is 65.5 cm³/mol. The molecule has 0 unspecified atom stereocenters. The largest absolute Gasteiger partial charge is 0.494 e. The van der Waals surface area contributed by atoms with E-state index in [1.807, 2.05) is 6.92 Å². The molecule has 18 heavy (non-hydrogen) atoms. The molecule has 1 aromatic rings. The summed E-state index contributed by atoms with van der Waals surface area (Å²) in [5, 5.41) is 11.6. The predicted octanol–water partition coefficient (Wildman–Crippen LogP) is 1.89. The van der Waals surface area contributed by atoms with Crippen LogP contribution in [-0.2, 0) is 9.59 Å². The second kappa shape index (κ2) is 4.68. The highest BCUT2D eigenvalue weighted by Gasteiger charge is 2.57. The van der Waals surface area contributed by atoms with E-state index < -0.39 is 17.3 Å².